The maximum Gasteiger partial charge on any atom is 0.254 e. The zero-order chi connectivity index (χ0) is 20.9. The van der Waals surface area contributed by atoms with Gasteiger partial charge < -0.3 is 10.1 Å². The first kappa shape index (κ1) is 19.7. The molecule has 0 radical (unpaired) electrons. The number of rotatable bonds is 7. The zero-order valence-electron chi connectivity index (χ0n) is 16.2. The monoisotopic (exact) mass is 422 g/mol. The zero-order valence-corrected chi connectivity index (χ0v) is 16.9. The molecule has 8 nitrogen and oxygen atoms in total. The first-order chi connectivity index (χ1) is 14.6. The van der Waals surface area contributed by atoms with Crippen molar-refractivity contribution in [2.24, 2.45) is 0 Å². The molecule has 2 aromatic carbocycles. The van der Waals surface area contributed by atoms with E-state index in [0.717, 1.165) is 16.9 Å². The Morgan fingerprint density at radius 2 is 2.00 bits per heavy atom. The van der Waals surface area contributed by atoms with E-state index < -0.39 is 0 Å². The highest BCUT2D eigenvalue weighted by Gasteiger charge is 2.11. The van der Waals surface area contributed by atoms with Gasteiger partial charge in [0.25, 0.3) is 5.91 Å². The average Bonchev–Trinajstić information content (AvgIpc) is 3.44. The van der Waals surface area contributed by atoms with Gasteiger partial charge in [-0.1, -0.05) is 29.8 Å². The lowest BCUT2D eigenvalue weighted by Crippen LogP contribution is -2.23. The summed E-state index contributed by atoms with van der Waals surface area (Å²) in [6, 6.07) is 15.0. The minimum atomic E-state index is -0.247. The van der Waals surface area contributed by atoms with Crippen LogP contribution in [0.4, 0.5) is 0 Å². The molecule has 0 atom stereocenters. The molecule has 1 amide bonds. The lowest BCUT2D eigenvalue weighted by Gasteiger charge is -2.04. The summed E-state index contributed by atoms with van der Waals surface area (Å²) in [4.78, 5) is 16.8. The quantitative estimate of drug-likeness (QED) is 0.476. The number of benzene rings is 2. The van der Waals surface area contributed by atoms with Gasteiger partial charge in [0.2, 0.25) is 0 Å². The van der Waals surface area contributed by atoms with Crippen molar-refractivity contribution in [3.63, 3.8) is 0 Å². The summed E-state index contributed by atoms with van der Waals surface area (Å²) in [6.45, 7) is 0.706. The summed E-state index contributed by atoms with van der Waals surface area (Å²) in [5.74, 6) is 1.62. The fourth-order valence-corrected chi connectivity index (χ4v) is 3.07. The second-order valence-electron chi connectivity index (χ2n) is 6.53. The fourth-order valence-electron chi connectivity index (χ4n) is 2.88. The Bertz CT molecular complexity index is 1150. The second kappa shape index (κ2) is 8.79. The number of aromatic nitrogens is 5. The molecule has 4 rings (SSSR count). The lowest BCUT2D eigenvalue weighted by molar-refractivity contribution is 0.0950. The topological polar surface area (TPSA) is 97.7 Å². The third-order valence-electron chi connectivity index (χ3n) is 4.48. The molecular weight excluding hydrogens is 404 g/mol. The molecule has 0 saturated heterocycles. The highest BCUT2D eigenvalue weighted by atomic mass is 35.5. The largest absolute Gasteiger partial charge is 0.497 e. The van der Waals surface area contributed by atoms with Crippen molar-refractivity contribution in [1.29, 1.82) is 0 Å². The third-order valence-corrected chi connectivity index (χ3v) is 4.85. The summed E-state index contributed by atoms with van der Waals surface area (Å²) in [6.07, 6.45) is 3.21. The van der Waals surface area contributed by atoms with Crippen molar-refractivity contribution < 1.29 is 9.53 Å². The van der Waals surface area contributed by atoms with Gasteiger partial charge >= 0.3 is 0 Å². The molecule has 9 heteroatoms. The molecule has 0 bridgehead atoms. The maximum absolute atomic E-state index is 12.4. The van der Waals surface area contributed by atoms with Crippen molar-refractivity contribution in [3.8, 4) is 17.1 Å². The minimum absolute atomic E-state index is 0.220. The van der Waals surface area contributed by atoms with Crippen LogP contribution in [0.1, 0.15) is 21.7 Å². The number of carbonyl (C=O) groups excluding carboxylic acids is 1. The summed E-state index contributed by atoms with van der Waals surface area (Å²) in [7, 11) is 1.61. The van der Waals surface area contributed by atoms with Gasteiger partial charge in [0, 0.05) is 16.8 Å². The third kappa shape index (κ3) is 4.49. The smallest absolute Gasteiger partial charge is 0.254 e. The van der Waals surface area contributed by atoms with Gasteiger partial charge in [0.05, 0.1) is 32.0 Å². The Balaban J connectivity index is 1.35. The van der Waals surface area contributed by atoms with E-state index >= 15 is 0 Å². The summed E-state index contributed by atoms with van der Waals surface area (Å²) >= 11 is 6.18. The predicted molar refractivity (Wildman–Crippen MR) is 112 cm³/mol. The molecule has 2 aromatic heterocycles. The first-order valence-corrected chi connectivity index (χ1v) is 9.60. The number of H-pyrrole nitrogens is 1. The molecule has 0 saturated carbocycles. The van der Waals surface area contributed by atoms with E-state index in [1.807, 2.05) is 48.5 Å². The molecule has 0 spiro atoms. The molecule has 152 valence electrons. The van der Waals surface area contributed by atoms with E-state index in [4.69, 9.17) is 16.3 Å². The van der Waals surface area contributed by atoms with E-state index in [1.165, 1.54) is 6.20 Å². The molecule has 0 aliphatic carbocycles. The summed E-state index contributed by atoms with van der Waals surface area (Å²) in [5, 5.41) is 14.8. The Morgan fingerprint density at radius 3 is 2.77 bits per heavy atom. The van der Waals surface area contributed by atoms with Crippen LogP contribution < -0.4 is 10.1 Å². The van der Waals surface area contributed by atoms with Crippen LogP contribution >= 0.6 is 11.6 Å². The van der Waals surface area contributed by atoms with Crippen LogP contribution in [0.15, 0.2) is 60.9 Å². The van der Waals surface area contributed by atoms with E-state index in [0.29, 0.717) is 28.8 Å². The van der Waals surface area contributed by atoms with Gasteiger partial charge in [0.15, 0.2) is 5.82 Å². The Morgan fingerprint density at radius 1 is 1.20 bits per heavy atom. The van der Waals surface area contributed by atoms with Crippen molar-refractivity contribution in [1.82, 2.24) is 30.3 Å². The van der Waals surface area contributed by atoms with E-state index in [1.54, 1.807) is 18.0 Å². The fraction of sp³-hybridized carbons (Fsp3) is 0.143. The van der Waals surface area contributed by atoms with E-state index in [-0.39, 0.29) is 12.5 Å². The predicted octanol–water partition coefficient (Wildman–Crippen LogP) is 3.31. The van der Waals surface area contributed by atoms with Crippen LogP contribution in [0.3, 0.4) is 0 Å². The van der Waals surface area contributed by atoms with Crippen LogP contribution in [0.5, 0.6) is 5.75 Å². The molecular formula is C21H19ClN6O2. The molecule has 2 heterocycles. The van der Waals surface area contributed by atoms with Crippen LogP contribution in [0, 0.1) is 0 Å². The number of methoxy groups -OCH3 is 1. The summed E-state index contributed by atoms with van der Waals surface area (Å²) in [5.41, 5.74) is 2.24. The molecule has 2 N–H and O–H groups in total. The number of aromatic amines is 1. The number of halogens is 1. The molecule has 0 fully saturated rings. The molecule has 0 aliphatic heterocycles. The first-order valence-electron chi connectivity index (χ1n) is 9.22. The number of ether oxygens (including phenoxy) is 1. The number of nitrogens with zero attached hydrogens (tertiary/aromatic N) is 4. The van der Waals surface area contributed by atoms with Gasteiger partial charge in [0.1, 0.15) is 11.6 Å². The van der Waals surface area contributed by atoms with Crippen molar-refractivity contribution >= 4 is 17.5 Å². The number of amides is 1. The van der Waals surface area contributed by atoms with Gasteiger partial charge in [-0.25, -0.2) is 4.98 Å². The van der Waals surface area contributed by atoms with Gasteiger partial charge in [-0.3, -0.25) is 14.6 Å². The molecule has 30 heavy (non-hydrogen) atoms. The van der Waals surface area contributed by atoms with Crippen LogP contribution in [0.2, 0.25) is 5.02 Å². The van der Waals surface area contributed by atoms with E-state index in [9.17, 15) is 4.79 Å². The molecule has 0 unspecified atom stereocenters. The highest BCUT2D eigenvalue weighted by molar-refractivity contribution is 6.31. The maximum atomic E-state index is 12.4. The Labute approximate surface area is 177 Å². The Kier molecular flexibility index (Phi) is 5.76. The molecule has 0 aliphatic rings. The normalized spacial score (nSPS) is 10.7. The highest BCUT2D eigenvalue weighted by Crippen LogP contribution is 2.19. The minimum Gasteiger partial charge on any atom is -0.497 e. The van der Waals surface area contributed by atoms with Crippen LogP contribution in [-0.4, -0.2) is 38.0 Å². The standard InChI is InChI=1S/C21H19ClN6O2/c1-30-17-8-6-14(7-9-17)20-25-19(26-27-20)11-23-21(29)16-10-24-28(13-16)12-15-4-2-3-5-18(15)22/h2-10,13H,11-12H2,1H3,(H,23,29)(H,25,26,27). The second-order valence-corrected chi connectivity index (χ2v) is 6.94. The molecule has 4 aromatic rings. The van der Waals surface area contributed by atoms with Crippen molar-refractivity contribution in [2.45, 2.75) is 13.1 Å². The van der Waals surface area contributed by atoms with Crippen molar-refractivity contribution in [3.05, 3.63) is 82.9 Å². The SMILES string of the molecule is COc1ccc(-c2n[nH]c(CNC(=O)c3cnn(Cc4ccccc4Cl)c3)n2)cc1. The van der Waals surface area contributed by atoms with Gasteiger partial charge in [-0.15, -0.1) is 0 Å². The van der Waals surface area contributed by atoms with Gasteiger partial charge in [-0.2, -0.15) is 10.2 Å². The van der Waals surface area contributed by atoms with Crippen LogP contribution in [0.25, 0.3) is 11.4 Å². The lowest BCUT2D eigenvalue weighted by atomic mass is 10.2. The number of carbonyl (C=O) groups is 1. The number of hydrogen-bond acceptors (Lipinski definition) is 5. The van der Waals surface area contributed by atoms with Crippen LogP contribution in [-0.2, 0) is 13.1 Å². The Hall–Kier alpha value is -3.65. The number of hydrogen-bond donors (Lipinski definition) is 2. The van der Waals surface area contributed by atoms with E-state index in [2.05, 4.69) is 25.6 Å². The van der Waals surface area contributed by atoms with Gasteiger partial charge in [-0.05, 0) is 35.9 Å². The van der Waals surface area contributed by atoms with Crippen molar-refractivity contribution in [2.75, 3.05) is 7.11 Å². The summed E-state index contributed by atoms with van der Waals surface area (Å²) < 4.78 is 6.82. The number of nitrogens with one attached hydrogen (secondary N) is 2. The average molecular weight is 423 g/mol.